The number of imidazole rings is 1. The average Bonchev–Trinajstić information content (AvgIpc) is 3.19. The van der Waals surface area contributed by atoms with Gasteiger partial charge in [0.05, 0.1) is 19.3 Å². The SMILES string of the molecule is COc1ccc(CN2CCC[C@](O)(COc3ccccc3F)CC2)cc1OCCCn1ccnc1C. The van der Waals surface area contributed by atoms with Gasteiger partial charge in [-0.3, -0.25) is 4.90 Å². The molecule has 0 radical (unpaired) electrons. The highest BCUT2D eigenvalue weighted by Gasteiger charge is 2.31. The van der Waals surface area contributed by atoms with Gasteiger partial charge in [-0.1, -0.05) is 18.2 Å². The fourth-order valence-electron chi connectivity index (χ4n) is 4.56. The fourth-order valence-corrected chi connectivity index (χ4v) is 4.56. The number of para-hydroxylation sites is 1. The molecule has 8 heteroatoms. The van der Waals surface area contributed by atoms with E-state index in [2.05, 4.69) is 20.5 Å². The van der Waals surface area contributed by atoms with Crippen LogP contribution in [-0.2, 0) is 13.1 Å². The number of benzene rings is 2. The third-order valence-corrected chi connectivity index (χ3v) is 6.70. The first kappa shape index (κ1) is 26.0. The molecule has 3 aromatic rings. The van der Waals surface area contributed by atoms with Gasteiger partial charge in [0.15, 0.2) is 23.1 Å². The number of halogens is 1. The maximum atomic E-state index is 13.9. The van der Waals surface area contributed by atoms with Gasteiger partial charge < -0.3 is 23.9 Å². The molecular weight excluding hydrogens is 461 g/mol. The molecule has 1 saturated heterocycles. The predicted molar refractivity (Wildman–Crippen MR) is 136 cm³/mol. The van der Waals surface area contributed by atoms with Crippen molar-refractivity contribution in [1.29, 1.82) is 0 Å². The summed E-state index contributed by atoms with van der Waals surface area (Å²) in [7, 11) is 1.65. The summed E-state index contributed by atoms with van der Waals surface area (Å²) in [5.74, 6) is 2.22. The van der Waals surface area contributed by atoms with E-state index in [1.54, 1.807) is 25.3 Å². The minimum atomic E-state index is -0.973. The molecule has 0 unspecified atom stereocenters. The first-order valence-electron chi connectivity index (χ1n) is 12.6. The lowest BCUT2D eigenvalue weighted by Gasteiger charge is -2.27. The molecule has 4 rings (SSSR count). The number of methoxy groups -OCH3 is 1. The van der Waals surface area contributed by atoms with Crippen LogP contribution < -0.4 is 14.2 Å². The Morgan fingerprint density at radius 2 is 1.92 bits per heavy atom. The first-order valence-corrected chi connectivity index (χ1v) is 12.6. The summed E-state index contributed by atoms with van der Waals surface area (Å²) in [5.41, 5.74) is 0.156. The van der Waals surface area contributed by atoms with Gasteiger partial charge in [-0.15, -0.1) is 0 Å². The summed E-state index contributed by atoms with van der Waals surface area (Å²) in [6.07, 6.45) is 6.67. The Morgan fingerprint density at radius 1 is 1.06 bits per heavy atom. The molecule has 194 valence electrons. The van der Waals surface area contributed by atoms with Gasteiger partial charge in [0.2, 0.25) is 0 Å². The molecule has 36 heavy (non-hydrogen) atoms. The monoisotopic (exact) mass is 497 g/mol. The van der Waals surface area contributed by atoms with Crippen molar-refractivity contribution in [3.05, 3.63) is 72.1 Å². The predicted octanol–water partition coefficient (Wildman–Crippen LogP) is 4.60. The minimum Gasteiger partial charge on any atom is -0.493 e. The lowest BCUT2D eigenvalue weighted by Crippen LogP contribution is -2.37. The van der Waals surface area contributed by atoms with E-state index in [9.17, 15) is 9.50 Å². The van der Waals surface area contributed by atoms with Crippen LogP contribution in [0.15, 0.2) is 54.9 Å². The van der Waals surface area contributed by atoms with Gasteiger partial charge in [0.25, 0.3) is 0 Å². The van der Waals surface area contributed by atoms with Gasteiger partial charge in [-0.25, -0.2) is 9.37 Å². The smallest absolute Gasteiger partial charge is 0.165 e. The number of aliphatic hydroxyl groups is 1. The van der Waals surface area contributed by atoms with Crippen LogP contribution in [-0.4, -0.2) is 58.6 Å². The lowest BCUT2D eigenvalue weighted by molar-refractivity contribution is -0.0177. The summed E-state index contributed by atoms with van der Waals surface area (Å²) in [4.78, 5) is 6.58. The topological polar surface area (TPSA) is 69.0 Å². The van der Waals surface area contributed by atoms with Gasteiger partial charge in [0.1, 0.15) is 12.4 Å². The van der Waals surface area contributed by atoms with E-state index in [-0.39, 0.29) is 12.4 Å². The zero-order valence-corrected chi connectivity index (χ0v) is 21.2. The molecular formula is C28H36FN3O4. The second-order valence-corrected chi connectivity index (χ2v) is 9.43. The van der Waals surface area contributed by atoms with Crippen LogP contribution in [0.4, 0.5) is 4.39 Å². The van der Waals surface area contributed by atoms with Crippen molar-refractivity contribution < 1.29 is 23.7 Å². The Balaban J connectivity index is 1.29. The highest BCUT2D eigenvalue weighted by atomic mass is 19.1. The van der Waals surface area contributed by atoms with Crippen LogP contribution in [0.3, 0.4) is 0 Å². The molecule has 7 nitrogen and oxygen atoms in total. The molecule has 2 heterocycles. The first-order chi connectivity index (χ1) is 17.5. The van der Waals surface area contributed by atoms with Gasteiger partial charge in [0, 0.05) is 32.0 Å². The number of ether oxygens (including phenoxy) is 3. The quantitative estimate of drug-likeness (QED) is 0.391. The number of aryl methyl sites for hydroxylation is 2. The molecule has 0 saturated carbocycles. The maximum absolute atomic E-state index is 13.9. The Morgan fingerprint density at radius 3 is 2.69 bits per heavy atom. The molecule has 1 N–H and O–H groups in total. The molecule has 0 amide bonds. The van der Waals surface area contributed by atoms with Crippen molar-refractivity contribution in [1.82, 2.24) is 14.5 Å². The lowest BCUT2D eigenvalue weighted by atomic mass is 9.96. The number of nitrogens with zero attached hydrogens (tertiary/aromatic N) is 3. The molecule has 0 bridgehead atoms. The summed E-state index contributed by atoms with van der Waals surface area (Å²) in [6, 6.07) is 12.3. The number of aromatic nitrogens is 2. The minimum absolute atomic E-state index is 0.0842. The zero-order chi connectivity index (χ0) is 25.4. The number of likely N-dealkylation sites (tertiary alicyclic amines) is 1. The van der Waals surface area contributed by atoms with E-state index >= 15 is 0 Å². The van der Waals surface area contributed by atoms with Gasteiger partial charge >= 0.3 is 0 Å². The Hall–Kier alpha value is -3.10. The van der Waals surface area contributed by atoms with Crippen LogP contribution in [0.2, 0.25) is 0 Å². The Bertz CT molecular complexity index is 1120. The van der Waals surface area contributed by atoms with E-state index in [0.29, 0.717) is 25.2 Å². The molecule has 0 spiro atoms. The van der Waals surface area contributed by atoms with Crippen molar-refractivity contribution in [3.8, 4) is 17.2 Å². The Kier molecular flexibility index (Phi) is 8.83. The van der Waals surface area contributed by atoms with Crippen molar-refractivity contribution in [2.24, 2.45) is 0 Å². The highest BCUT2D eigenvalue weighted by Crippen LogP contribution is 2.30. The summed E-state index contributed by atoms with van der Waals surface area (Å²) in [6.45, 7) is 5.85. The summed E-state index contributed by atoms with van der Waals surface area (Å²) in [5, 5.41) is 11.1. The third-order valence-electron chi connectivity index (χ3n) is 6.70. The molecule has 1 aliphatic heterocycles. The third kappa shape index (κ3) is 6.98. The number of rotatable bonds is 11. The van der Waals surface area contributed by atoms with Crippen molar-refractivity contribution in [2.45, 2.75) is 51.3 Å². The second-order valence-electron chi connectivity index (χ2n) is 9.43. The van der Waals surface area contributed by atoms with Gasteiger partial charge in [-0.2, -0.15) is 0 Å². The summed E-state index contributed by atoms with van der Waals surface area (Å²) >= 11 is 0. The van der Waals surface area contributed by atoms with Crippen LogP contribution in [0, 0.1) is 12.7 Å². The molecule has 1 fully saturated rings. The molecule has 2 aromatic carbocycles. The molecule has 1 aliphatic rings. The number of hydrogen-bond acceptors (Lipinski definition) is 6. The van der Waals surface area contributed by atoms with E-state index in [4.69, 9.17) is 14.2 Å². The number of hydrogen-bond donors (Lipinski definition) is 1. The van der Waals surface area contributed by atoms with Crippen molar-refractivity contribution in [3.63, 3.8) is 0 Å². The van der Waals surface area contributed by atoms with Crippen molar-refractivity contribution in [2.75, 3.05) is 33.4 Å². The van der Waals surface area contributed by atoms with Crippen LogP contribution in [0.25, 0.3) is 0 Å². The normalized spacial score (nSPS) is 18.6. The van der Waals surface area contributed by atoms with E-state index in [1.165, 1.54) is 6.07 Å². The van der Waals surface area contributed by atoms with E-state index in [1.807, 2.05) is 31.5 Å². The largest absolute Gasteiger partial charge is 0.493 e. The maximum Gasteiger partial charge on any atom is 0.165 e. The molecule has 1 aromatic heterocycles. The van der Waals surface area contributed by atoms with Crippen LogP contribution >= 0.6 is 0 Å². The van der Waals surface area contributed by atoms with E-state index in [0.717, 1.165) is 56.2 Å². The fraction of sp³-hybridized carbons (Fsp3) is 0.464. The van der Waals surface area contributed by atoms with Gasteiger partial charge in [-0.05, 0) is 69.0 Å². The zero-order valence-electron chi connectivity index (χ0n) is 21.2. The standard InChI is InChI=1S/C28H36FN3O4/c1-22-30-13-17-32(22)15-6-18-35-27-19-23(9-10-26(27)34-2)20-31-14-5-11-28(33,12-16-31)21-36-25-8-4-3-7-24(25)29/h3-4,7-10,13,17,19,33H,5-6,11-12,14-16,18,20-21H2,1-2H3/t28-/m1/s1. The molecule has 1 atom stereocenters. The molecule has 0 aliphatic carbocycles. The van der Waals surface area contributed by atoms with Crippen molar-refractivity contribution >= 4 is 0 Å². The van der Waals surface area contributed by atoms with Crippen LogP contribution in [0.5, 0.6) is 17.2 Å². The highest BCUT2D eigenvalue weighted by molar-refractivity contribution is 5.43. The van der Waals surface area contributed by atoms with Crippen LogP contribution in [0.1, 0.15) is 37.1 Å². The average molecular weight is 498 g/mol. The summed E-state index contributed by atoms with van der Waals surface area (Å²) < 4.78 is 33.2. The Labute approximate surface area is 212 Å². The second kappa shape index (κ2) is 12.2. The van der Waals surface area contributed by atoms with E-state index < -0.39 is 11.4 Å².